The van der Waals surface area contributed by atoms with Gasteiger partial charge in [-0.15, -0.1) is 0 Å². The number of carbonyl (C=O) groups is 3. The molecule has 5 rings (SSSR count). The Kier molecular flexibility index (Phi) is 5.47. The number of nitriles is 1. The number of ketones is 2. The predicted octanol–water partition coefficient (Wildman–Crippen LogP) is 6.09. The number of Topliss-reactive ketones (excluding diaryl/α,β-unsaturated/α-hetero) is 1. The van der Waals surface area contributed by atoms with Gasteiger partial charge in [-0.1, -0.05) is 60.1 Å². The molecule has 5 heteroatoms. The van der Waals surface area contributed by atoms with Crippen LogP contribution in [0.2, 0.25) is 0 Å². The van der Waals surface area contributed by atoms with Crippen LogP contribution >= 0.6 is 0 Å². The minimum absolute atomic E-state index is 0.00435. The van der Waals surface area contributed by atoms with Crippen molar-refractivity contribution >= 4 is 17.5 Å². The minimum atomic E-state index is -0.655. The van der Waals surface area contributed by atoms with Gasteiger partial charge in [-0.2, -0.15) is 5.26 Å². The SMILES string of the molecule is CC(=O)N[C@]12CCC(C)(C)C[C@@H]1[C@H]1C(=O)C=C3[C@@]4(C)C=C(C#N)C(=O)C(C)(C)[C@@H]4CC[C@@]3(C)[C@]1(C)CC2. The topological polar surface area (TPSA) is 87.0 Å². The Morgan fingerprint density at radius 1 is 1.00 bits per heavy atom. The second-order valence-corrected chi connectivity index (χ2v) is 15.1. The van der Waals surface area contributed by atoms with E-state index in [1.807, 2.05) is 26.0 Å². The predicted molar refractivity (Wildman–Crippen MR) is 143 cm³/mol. The molecule has 3 saturated carbocycles. The van der Waals surface area contributed by atoms with Crippen LogP contribution in [-0.4, -0.2) is 23.0 Å². The molecule has 0 saturated heterocycles. The van der Waals surface area contributed by atoms with E-state index in [9.17, 15) is 19.6 Å². The van der Waals surface area contributed by atoms with Gasteiger partial charge in [0.05, 0.1) is 5.57 Å². The van der Waals surface area contributed by atoms with E-state index in [1.165, 1.54) is 0 Å². The highest BCUT2D eigenvalue weighted by Crippen LogP contribution is 2.73. The lowest BCUT2D eigenvalue weighted by Gasteiger charge is -2.69. The number of nitrogens with one attached hydrogen (secondary N) is 1. The molecule has 1 amide bonds. The number of hydrogen-bond donors (Lipinski definition) is 1. The molecule has 200 valence electrons. The molecular weight excluding hydrogens is 460 g/mol. The number of hydrogen-bond acceptors (Lipinski definition) is 4. The summed E-state index contributed by atoms with van der Waals surface area (Å²) in [7, 11) is 0. The zero-order valence-corrected chi connectivity index (χ0v) is 24.0. The van der Waals surface area contributed by atoms with Gasteiger partial charge < -0.3 is 5.32 Å². The highest BCUT2D eigenvalue weighted by atomic mass is 16.1. The summed E-state index contributed by atoms with van der Waals surface area (Å²) in [5.74, 6) is 0.0916. The Morgan fingerprint density at radius 2 is 1.65 bits per heavy atom. The molecule has 0 aliphatic heterocycles. The summed E-state index contributed by atoms with van der Waals surface area (Å²) in [6.07, 6.45) is 10.3. The summed E-state index contributed by atoms with van der Waals surface area (Å²) < 4.78 is 0. The van der Waals surface area contributed by atoms with E-state index in [0.29, 0.717) is 0 Å². The van der Waals surface area contributed by atoms with Gasteiger partial charge in [0.25, 0.3) is 0 Å². The van der Waals surface area contributed by atoms with Crippen molar-refractivity contribution in [2.24, 2.45) is 44.8 Å². The first-order valence-electron chi connectivity index (χ1n) is 14.2. The summed E-state index contributed by atoms with van der Waals surface area (Å²) in [4.78, 5) is 40.0. The Balaban J connectivity index is 1.69. The lowest BCUT2D eigenvalue weighted by molar-refractivity contribution is -0.163. The van der Waals surface area contributed by atoms with Crippen LogP contribution in [0.4, 0.5) is 0 Å². The van der Waals surface area contributed by atoms with Crippen LogP contribution in [0.5, 0.6) is 0 Å². The molecule has 0 aromatic rings. The van der Waals surface area contributed by atoms with E-state index in [0.717, 1.165) is 50.5 Å². The summed E-state index contributed by atoms with van der Waals surface area (Å²) in [6, 6.07) is 2.18. The molecule has 0 spiro atoms. The summed E-state index contributed by atoms with van der Waals surface area (Å²) >= 11 is 0. The average Bonchev–Trinajstić information content (AvgIpc) is 2.78. The van der Waals surface area contributed by atoms with Crippen LogP contribution in [0.25, 0.3) is 0 Å². The fourth-order valence-electron chi connectivity index (χ4n) is 10.2. The molecule has 0 aromatic carbocycles. The number of allylic oxidation sites excluding steroid dienone is 4. The maximum absolute atomic E-state index is 14.4. The maximum Gasteiger partial charge on any atom is 0.217 e. The molecule has 0 bridgehead atoms. The number of rotatable bonds is 1. The van der Waals surface area contributed by atoms with Gasteiger partial charge >= 0.3 is 0 Å². The van der Waals surface area contributed by atoms with Crippen molar-refractivity contribution in [3.8, 4) is 6.07 Å². The first kappa shape index (κ1) is 26.4. The molecule has 0 radical (unpaired) electrons. The lowest BCUT2D eigenvalue weighted by Crippen LogP contribution is -2.69. The Bertz CT molecular complexity index is 1200. The van der Waals surface area contributed by atoms with E-state index >= 15 is 0 Å². The summed E-state index contributed by atoms with van der Waals surface area (Å²) in [5.41, 5.74) is -0.501. The van der Waals surface area contributed by atoms with E-state index in [2.05, 4.69) is 46.0 Å². The van der Waals surface area contributed by atoms with Gasteiger partial charge in [-0.25, -0.2) is 0 Å². The monoisotopic (exact) mass is 504 g/mol. The molecule has 0 unspecified atom stereocenters. The third-order valence-electron chi connectivity index (χ3n) is 12.3. The van der Waals surface area contributed by atoms with Crippen molar-refractivity contribution in [2.45, 2.75) is 106 Å². The van der Waals surface area contributed by atoms with Crippen molar-refractivity contribution in [1.29, 1.82) is 5.26 Å². The third-order valence-corrected chi connectivity index (χ3v) is 12.3. The van der Waals surface area contributed by atoms with Crippen LogP contribution in [0, 0.1) is 56.2 Å². The van der Waals surface area contributed by atoms with E-state index in [-0.39, 0.29) is 62.6 Å². The average molecular weight is 505 g/mol. The van der Waals surface area contributed by atoms with Gasteiger partial charge in [-0.3, -0.25) is 14.4 Å². The Hall–Kier alpha value is -2.22. The molecule has 0 aromatic heterocycles. The maximum atomic E-state index is 14.4. The molecular formula is C32H44N2O3. The zero-order valence-electron chi connectivity index (χ0n) is 24.0. The zero-order chi connectivity index (χ0) is 27.4. The van der Waals surface area contributed by atoms with Crippen LogP contribution < -0.4 is 5.32 Å². The van der Waals surface area contributed by atoms with Crippen LogP contribution in [0.1, 0.15) is 100 Å². The standard InChI is InChI=1S/C32H44N2O3/c1-19(35)34-32-13-11-27(2,3)17-21(32)25-22(36)15-24-29(6)16-20(18-33)26(37)28(4,5)23(29)9-10-30(24,7)31(25,8)12-14-32/h15-16,21,23,25H,9-14,17H2,1-8H3,(H,34,35)/t21-,23+,25+,29+,30-,31-,32+/m1/s1. The molecule has 1 N–H and O–H groups in total. The van der Waals surface area contributed by atoms with E-state index in [1.54, 1.807) is 6.92 Å². The normalized spacial score (nSPS) is 45.6. The van der Waals surface area contributed by atoms with Crippen LogP contribution in [0.15, 0.2) is 23.3 Å². The molecule has 5 aliphatic rings. The second kappa shape index (κ2) is 7.67. The van der Waals surface area contributed by atoms with Crippen molar-refractivity contribution in [2.75, 3.05) is 0 Å². The first-order valence-corrected chi connectivity index (χ1v) is 14.2. The molecule has 5 nitrogen and oxygen atoms in total. The Labute approximate surface area is 222 Å². The lowest BCUT2D eigenvalue weighted by atomic mass is 9.35. The van der Waals surface area contributed by atoms with Crippen molar-refractivity contribution < 1.29 is 14.4 Å². The van der Waals surface area contributed by atoms with Gasteiger partial charge in [0.1, 0.15) is 6.07 Å². The summed E-state index contributed by atoms with van der Waals surface area (Å²) in [6.45, 7) is 17.0. The van der Waals surface area contributed by atoms with Crippen LogP contribution in [-0.2, 0) is 14.4 Å². The molecule has 0 heterocycles. The molecule has 3 fully saturated rings. The summed E-state index contributed by atoms with van der Waals surface area (Å²) in [5, 5.41) is 13.2. The molecule has 7 atom stereocenters. The smallest absolute Gasteiger partial charge is 0.217 e. The fraction of sp³-hybridized carbons (Fsp3) is 0.750. The van der Waals surface area contributed by atoms with Gasteiger partial charge in [0.15, 0.2) is 11.6 Å². The van der Waals surface area contributed by atoms with E-state index < -0.39 is 10.8 Å². The highest BCUT2D eigenvalue weighted by Gasteiger charge is 2.69. The third kappa shape index (κ3) is 3.29. The van der Waals surface area contributed by atoms with Crippen molar-refractivity contribution in [1.82, 2.24) is 5.32 Å². The number of carbonyl (C=O) groups excluding carboxylic acids is 3. The van der Waals surface area contributed by atoms with Gasteiger partial charge in [-0.05, 0) is 79.1 Å². The van der Waals surface area contributed by atoms with Crippen LogP contribution in [0.3, 0.4) is 0 Å². The molecule has 5 aliphatic carbocycles. The highest BCUT2D eigenvalue weighted by molar-refractivity contribution is 6.04. The largest absolute Gasteiger partial charge is 0.351 e. The van der Waals surface area contributed by atoms with Gasteiger partial charge in [0, 0.05) is 29.2 Å². The number of amides is 1. The van der Waals surface area contributed by atoms with Gasteiger partial charge in [0.2, 0.25) is 5.91 Å². The fourth-order valence-corrected chi connectivity index (χ4v) is 10.2. The number of fused-ring (bicyclic) bond motifs is 7. The van der Waals surface area contributed by atoms with Crippen molar-refractivity contribution in [3.63, 3.8) is 0 Å². The first-order chi connectivity index (χ1) is 17.0. The minimum Gasteiger partial charge on any atom is -0.351 e. The molecule has 37 heavy (non-hydrogen) atoms. The van der Waals surface area contributed by atoms with E-state index in [4.69, 9.17) is 0 Å². The Morgan fingerprint density at radius 3 is 2.27 bits per heavy atom. The van der Waals surface area contributed by atoms with Crippen molar-refractivity contribution in [3.05, 3.63) is 23.3 Å². The quantitative estimate of drug-likeness (QED) is 0.468. The second-order valence-electron chi connectivity index (χ2n) is 15.1. The number of nitrogens with zero attached hydrogens (tertiary/aromatic N) is 1.